The molecule has 1 aromatic heterocycles. The minimum Gasteiger partial charge on any atom is -0.454 e. The first-order chi connectivity index (χ1) is 19.0. The number of nitrogens with one attached hydrogen (secondary N) is 1. The zero-order chi connectivity index (χ0) is 26.9. The number of nitrogens with zero attached hydrogens (tertiary/aromatic N) is 2. The number of hydrogen-bond acceptors (Lipinski definition) is 7. The van der Waals surface area contributed by atoms with Crippen molar-refractivity contribution >= 4 is 40.1 Å². The summed E-state index contributed by atoms with van der Waals surface area (Å²) in [5.41, 5.74) is 5.27. The van der Waals surface area contributed by atoms with Crippen molar-refractivity contribution in [3.63, 3.8) is 0 Å². The molecule has 0 saturated heterocycles. The molecular weight excluding hydrogens is 494 g/mol. The molecule has 0 radical (unpaired) electrons. The Morgan fingerprint density at radius 3 is 2.72 bits per heavy atom. The van der Waals surface area contributed by atoms with Crippen LogP contribution in [0.1, 0.15) is 46.1 Å². The van der Waals surface area contributed by atoms with Crippen LogP contribution in [0.2, 0.25) is 0 Å². The van der Waals surface area contributed by atoms with Crippen molar-refractivity contribution in [3.8, 4) is 17.6 Å². The molecule has 1 amide bonds. The lowest BCUT2D eigenvalue weighted by molar-refractivity contribution is -0.123. The number of aromatic nitrogens is 1. The standard InChI is InChI=1S/C31H23N3O5/c1-18(30(35)34-24-8-4-2-6-21(24)16-32)39-31(36)28-22-7-3-5-9-25(22)33-29-20(11-12-23(28)29)14-19-10-13-26-27(15-19)38-17-37-26/h2-10,13-15,18H,11-12,17H2,1H3,(H,34,35)/b20-14-/t18-/m1/s1. The number of esters is 1. The second kappa shape index (κ2) is 9.95. The molecule has 3 aromatic carbocycles. The van der Waals surface area contributed by atoms with Crippen molar-refractivity contribution in [2.75, 3.05) is 12.1 Å². The van der Waals surface area contributed by atoms with Gasteiger partial charge in [-0.15, -0.1) is 0 Å². The average molecular weight is 518 g/mol. The Balaban J connectivity index is 1.31. The molecule has 8 heteroatoms. The summed E-state index contributed by atoms with van der Waals surface area (Å²) in [6.07, 6.45) is 2.28. The van der Waals surface area contributed by atoms with Gasteiger partial charge in [0.2, 0.25) is 6.79 Å². The van der Waals surface area contributed by atoms with Gasteiger partial charge in [-0.25, -0.2) is 9.78 Å². The van der Waals surface area contributed by atoms with E-state index in [1.807, 2.05) is 54.6 Å². The first kappa shape index (κ1) is 24.2. The topological polar surface area (TPSA) is 111 Å². The number of anilines is 1. The number of rotatable bonds is 5. The van der Waals surface area contributed by atoms with E-state index in [0.717, 1.165) is 22.4 Å². The molecule has 2 aliphatic rings. The second-order valence-electron chi connectivity index (χ2n) is 9.31. The number of carbonyl (C=O) groups excluding carboxylic acids is 2. The molecule has 1 N–H and O–H groups in total. The summed E-state index contributed by atoms with van der Waals surface area (Å²) in [6.45, 7) is 1.72. The van der Waals surface area contributed by atoms with Gasteiger partial charge in [0, 0.05) is 5.39 Å². The van der Waals surface area contributed by atoms with Crippen molar-refractivity contribution in [1.29, 1.82) is 5.26 Å². The number of allylic oxidation sites excluding steroid dienone is 1. The smallest absolute Gasteiger partial charge is 0.339 e. The normalized spacial score (nSPS) is 15.0. The van der Waals surface area contributed by atoms with Crippen molar-refractivity contribution in [2.45, 2.75) is 25.9 Å². The molecule has 0 bridgehead atoms. The zero-order valence-corrected chi connectivity index (χ0v) is 21.1. The molecule has 1 atom stereocenters. The fourth-order valence-electron chi connectivity index (χ4n) is 4.91. The molecule has 8 nitrogen and oxygen atoms in total. The summed E-state index contributed by atoms with van der Waals surface area (Å²) in [5.74, 6) is 0.296. The van der Waals surface area contributed by atoms with Crippen molar-refractivity contribution in [3.05, 3.63) is 94.7 Å². The predicted molar refractivity (Wildman–Crippen MR) is 145 cm³/mol. The lowest BCUT2D eigenvalue weighted by Gasteiger charge is -2.17. The summed E-state index contributed by atoms with van der Waals surface area (Å²) in [7, 11) is 0. The van der Waals surface area contributed by atoms with E-state index in [1.54, 1.807) is 24.3 Å². The van der Waals surface area contributed by atoms with E-state index < -0.39 is 18.0 Å². The maximum absolute atomic E-state index is 13.6. The molecule has 6 rings (SSSR count). The Bertz CT molecular complexity index is 1720. The number of nitriles is 1. The van der Waals surface area contributed by atoms with Crippen LogP contribution < -0.4 is 14.8 Å². The Morgan fingerprint density at radius 1 is 1.05 bits per heavy atom. The fourth-order valence-corrected chi connectivity index (χ4v) is 4.91. The highest BCUT2D eigenvalue weighted by Gasteiger charge is 2.29. The lowest BCUT2D eigenvalue weighted by atomic mass is 10.0. The van der Waals surface area contributed by atoms with Gasteiger partial charge in [0.25, 0.3) is 5.91 Å². The highest BCUT2D eigenvalue weighted by atomic mass is 16.7. The quantitative estimate of drug-likeness (QED) is 0.348. The number of hydrogen-bond donors (Lipinski definition) is 1. The molecule has 0 saturated carbocycles. The Kier molecular flexibility index (Phi) is 6.17. The average Bonchev–Trinajstić information content (AvgIpc) is 3.58. The lowest BCUT2D eigenvalue weighted by Crippen LogP contribution is -2.30. The summed E-state index contributed by atoms with van der Waals surface area (Å²) >= 11 is 0. The number of benzene rings is 3. The summed E-state index contributed by atoms with van der Waals surface area (Å²) in [5, 5.41) is 12.7. The third kappa shape index (κ3) is 4.55. The monoisotopic (exact) mass is 517 g/mol. The number of pyridine rings is 1. The van der Waals surface area contributed by atoms with Gasteiger partial charge in [-0.3, -0.25) is 4.79 Å². The molecule has 4 aromatic rings. The Labute approximate surface area is 224 Å². The maximum atomic E-state index is 13.6. The zero-order valence-electron chi connectivity index (χ0n) is 21.1. The van der Waals surface area contributed by atoms with Gasteiger partial charge < -0.3 is 19.5 Å². The van der Waals surface area contributed by atoms with Gasteiger partial charge in [0.05, 0.1) is 28.0 Å². The van der Waals surface area contributed by atoms with Crippen molar-refractivity contribution in [2.24, 2.45) is 0 Å². The van der Waals surface area contributed by atoms with Gasteiger partial charge >= 0.3 is 5.97 Å². The van der Waals surface area contributed by atoms with Crippen molar-refractivity contribution in [1.82, 2.24) is 4.98 Å². The van der Waals surface area contributed by atoms with Crippen LogP contribution >= 0.6 is 0 Å². The van der Waals surface area contributed by atoms with E-state index in [9.17, 15) is 14.9 Å². The summed E-state index contributed by atoms with van der Waals surface area (Å²) in [6, 6.07) is 21.9. The minimum absolute atomic E-state index is 0.207. The number of carbonyl (C=O) groups is 2. The first-order valence-electron chi connectivity index (χ1n) is 12.5. The van der Waals surface area contributed by atoms with Crippen LogP contribution in [0.15, 0.2) is 66.7 Å². The number of fused-ring (bicyclic) bond motifs is 3. The summed E-state index contributed by atoms with van der Waals surface area (Å²) in [4.78, 5) is 31.3. The van der Waals surface area contributed by atoms with E-state index in [1.165, 1.54) is 6.92 Å². The van der Waals surface area contributed by atoms with Gasteiger partial charge in [-0.2, -0.15) is 5.26 Å². The molecule has 0 fully saturated rings. The molecule has 2 heterocycles. The second-order valence-corrected chi connectivity index (χ2v) is 9.31. The van der Waals surface area contributed by atoms with E-state index >= 15 is 0 Å². The van der Waals surface area contributed by atoms with Crippen LogP contribution in [0.5, 0.6) is 11.5 Å². The van der Waals surface area contributed by atoms with Crippen LogP contribution in [0.25, 0.3) is 22.6 Å². The van der Waals surface area contributed by atoms with Gasteiger partial charge in [0.1, 0.15) is 6.07 Å². The van der Waals surface area contributed by atoms with Crippen molar-refractivity contribution < 1.29 is 23.8 Å². The highest BCUT2D eigenvalue weighted by molar-refractivity contribution is 6.08. The Morgan fingerprint density at radius 2 is 1.85 bits per heavy atom. The molecule has 192 valence electrons. The molecule has 1 aliphatic heterocycles. The van der Waals surface area contributed by atoms with E-state index in [4.69, 9.17) is 19.2 Å². The van der Waals surface area contributed by atoms with E-state index in [-0.39, 0.29) is 6.79 Å². The van der Waals surface area contributed by atoms with Crippen LogP contribution in [0.3, 0.4) is 0 Å². The molecule has 39 heavy (non-hydrogen) atoms. The van der Waals surface area contributed by atoms with Crippen LogP contribution in [0.4, 0.5) is 5.69 Å². The maximum Gasteiger partial charge on any atom is 0.339 e. The van der Waals surface area contributed by atoms with Crippen LogP contribution in [-0.4, -0.2) is 29.8 Å². The number of amides is 1. The molecule has 0 spiro atoms. The molecular formula is C31H23N3O5. The first-order valence-corrected chi connectivity index (χ1v) is 12.5. The van der Waals surface area contributed by atoms with E-state index in [2.05, 4.69) is 5.32 Å². The fraction of sp³-hybridized carbons (Fsp3) is 0.161. The third-order valence-electron chi connectivity index (χ3n) is 6.84. The molecule has 0 unspecified atom stereocenters. The SMILES string of the molecule is C[C@@H](OC(=O)c1c2c(nc3ccccc13)/C(=C\c1ccc3c(c1)OCO3)CC2)C(=O)Nc1ccccc1C#N. The largest absolute Gasteiger partial charge is 0.454 e. The van der Waals surface area contributed by atoms with Gasteiger partial charge in [-0.05, 0) is 72.9 Å². The number of para-hydroxylation sites is 2. The number of ether oxygens (including phenoxy) is 3. The molecule has 1 aliphatic carbocycles. The Hall–Kier alpha value is -5.16. The van der Waals surface area contributed by atoms with Crippen LogP contribution in [0, 0.1) is 11.3 Å². The van der Waals surface area contributed by atoms with Crippen LogP contribution in [-0.2, 0) is 16.0 Å². The summed E-state index contributed by atoms with van der Waals surface area (Å²) < 4.78 is 16.6. The van der Waals surface area contributed by atoms with Gasteiger partial charge in [0.15, 0.2) is 17.6 Å². The third-order valence-corrected chi connectivity index (χ3v) is 6.84. The highest BCUT2D eigenvalue weighted by Crippen LogP contribution is 2.39. The predicted octanol–water partition coefficient (Wildman–Crippen LogP) is 5.51. The van der Waals surface area contributed by atoms with Gasteiger partial charge in [-0.1, -0.05) is 36.4 Å². The van der Waals surface area contributed by atoms with E-state index in [0.29, 0.717) is 52.1 Å². The minimum atomic E-state index is -1.09.